The summed E-state index contributed by atoms with van der Waals surface area (Å²) in [6.07, 6.45) is 8.21. The molecule has 3 aliphatic carbocycles. The number of nitrogens with one attached hydrogen (secondary N) is 1. The highest BCUT2D eigenvalue weighted by atomic mass is 16.3. The summed E-state index contributed by atoms with van der Waals surface area (Å²) in [6, 6.07) is 0. The van der Waals surface area contributed by atoms with Crippen LogP contribution in [0.2, 0.25) is 0 Å². The predicted octanol–water partition coefficient (Wildman–Crippen LogP) is 1.61. The Kier molecular flexibility index (Phi) is 2.55. The molecule has 4 N–H and O–H groups in total. The summed E-state index contributed by atoms with van der Waals surface area (Å²) >= 11 is 0. The van der Waals surface area contributed by atoms with E-state index in [1.54, 1.807) is 6.08 Å². The van der Waals surface area contributed by atoms with E-state index < -0.39 is 5.60 Å². The van der Waals surface area contributed by atoms with E-state index in [2.05, 4.69) is 11.4 Å². The maximum Gasteiger partial charge on any atom is 0.114 e. The molecule has 0 radical (unpaired) electrons. The van der Waals surface area contributed by atoms with Crippen molar-refractivity contribution in [1.82, 2.24) is 5.32 Å². The van der Waals surface area contributed by atoms with Gasteiger partial charge in [-0.3, -0.25) is 0 Å². The molecule has 20 heavy (non-hydrogen) atoms. The summed E-state index contributed by atoms with van der Waals surface area (Å²) in [4.78, 5) is 0. The fraction of sp³-hybridized carbons (Fsp3) is 0.750. The smallest absolute Gasteiger partial charge is 0.114 e. The number of allylic oxidation sites excluding steroid dienone is 2. The minimum absolute atomic E-state index is 0.257. The standard InChI is InChI=1S/C16H23NO3/c18-11-2-1-10-7-14-16(20)4-3-12(19)9-15(16,5-6-17-14)13(10)8-11/h3,7,10-11,13,17-20H,1-2,4-6,8-9H2. The van der Waals surface area contributed by atoms with Crippen molar-refractivity contribution in [1.29, 1.82) is 0 Å². The maximum absolute atomic E-state index is 11.3. The third kappa shape index (κ3) is 1.44. The van der Waals surface area contributed by atoms with Crippen molar-refractivity contribution in [2.45, 2.75) is 50.2 Å². The number of aliphatic hydroxyl groups is 3. The molecular formula is C16H23NO3. The van der Waals surface area contributed by atoms with Gasteiger partial charge in [0.05, 0.1) is 11.9 Å². The lowest BCUT2D eigenvalue weighted by atomic mass is 9.47. The van der Waals surface area contributed by atoms with Gasteiger partial charge < -0.3 is 20.6 Å². The van der Waals surface area contributed by atoms with E-state index in [1.807, 2.05) is 0 Å². The molecule has 0 aromatic rings. The molecule has 5 unspecified atom stereocenters. The van der Waals surface area contributed by atoms with Gasteiger partial charge in [0, 0.05) is 30.5 Å². The number of piperidine rings is 1. The molecular weight excluding hydrogens is 254 g/mol. The zero-order valence-corrected chi connectivity index (χ0v) is 11.7. The van der Waals surface area contributed by atoms with Crippen LogP contribution < -0.4 is 5.32 Å². The van der Waals surface area contributed by atoms with E-state index in [-0.39, 0.29) is 17.4 Å². The molecule has 1 saturated heterocycles. The normalized spacial score (nSPS) is 50.2. The SMILES string of the molecule is OC1=CCC2(O)C3=CC4CCC(O)CC4C2(CCN3)C1. The minimum atomic E-state index is -0.879. The fourth-order valence-electron chi connectivity index (χ4n) is 5.29. The van der Waals surface area contributed by atoms with Gasteiger partial charge in [-0.1, -0.05) is 6.08 Å². The van der Waals surface area contributed by atoms with Crippen LogP contribution in [0.1, 0.15) is 38.5 Å². The second kappa shape index (κ2) is 4.01. The lowest BCUT2D eigenvalue weighted by Gasteiger charge is -2.62. The molecule has 1 aliphatic heterocycles. The first-order valence-electron chi connectivity index (χ1n) is 7.80. The highest BCUT2D eigenvalue weighted by molar-refractivity contribution is 5.35. The van der Waals surface area contributed by atoms with Gasteiger partial charge in [-0.25, -0.2) is 0 Å². The Hall–Kier alpha value is -1.00. The van der Waals surface area contributed by atoms with Gasteiger partial charge in [0.15, 0.2) is 0 Å². The third-order valence-corrected chi connectivity index (χ3v) is 6.25. The molecule has 2 bridgehead atoms. The Morgan fingerprint density at radius 3 is 3.00 bits per heavy atom. The van der Waals surface area contributed by atoms with Crippen LogP contribution in [-0.4, -0.2) is 33.6 Å². The Morgan fingerprint density at radius 1 is 1.30 bits per heavy atom. The molecule has 110 valence electrons. The minimum Gasteiger partial charge on any atom is -0.513 e. The van der Waals surface area contributed by atoms with Crippen LogP contribution in [0.25, 0.3) is 0 Å². The Bertz CT molecular complexity index is 500. The van der Waals surface area contributed by atoms with Gasteiger partial charge in [-0.15, -0.1) is 0 Å². The molecule has 2 fully saturated rings. The van der Waals surface area contributed by atoms with Crippen LogP contribution in [0.3, 0.4) is 0 Å². The first kappa shape index (κ1) is 12.7. The molecule has 0 spiro atoms. The monoisotopic (exact) mass is 277 g/mol. The molecule has 4 aliphatic rings. The van der Waals surface area contributed by atoms with Crippen molar-refractivity contribution in [3.05, 3.63) is 23.6 Å². The average molecular weight is 277 g/mol. The summed E-state index contributed by atoms with van der Waals surface area (Å²) < 4.78 is 0. The van der Waals surface area contributed by atoms with Crippen LogP contribution in [-0.2, 0) is 0 Å². The zero-order valence-electron chi connectivity index (χ0n) is 11.7. The Labute approximate surface area is 119 Å². The van der Waals surface area contributed by atoms with Crippen molar-refractivity contribution in [2.24, 2.45) is 17.3 Å². The van der Waals surface area contributed by atoms with Crippen LogP contribution >= 0.6 is 0 Å². The zero-order chi connectivity index (χ0) is 14.0. The van der Waals surface area contributed by atoms with Gasteiger partial charge >= 0.3 is 0 Å². The molecule has 0 aromatic heterocycles. The van der Waals surface area contributed by atoms with E-state index in [1.165, 1.54) is 0 Å². The van der Waals surface area contributed by atoms with Crippen molar-refractivity contribution in [2.75, 3.05) is 6.54 Å². The van der Waals surface area contributed by atoms with Gasteiger partial charge in [-0.05, 0) is 43.6 Å². The van der Waals surface area contributed by atoms with Gasteiger partial charge in [0.2, 0.25) is 0 Å². The lowest BCUT2D eigenvalue weighted by molar-refractivity contribution is -0.156. The summed E-state index contributed by atoms with van der Waals surface area (Å²) in [5.41, 5.74) is -0.215. The van der Waals surface area contributed by atoms with E-state index in [0.29, 0.717) is 24.5 Å². The molecule has 5 atom stereocenters. The highest BCUT2D eigenvalue weighted by Crippen LogP contribution is 2.62. The average Bonchev–Trinajstić information content (AvgIpc) is 2.41. The molecule has 1 saturated carbocycles. The summed E-state index contributed by atoms with van der Waals surface area (Å²) in [5.74, 6) is 1.11. The third-order valence-electron chi connectivity index (χ3n) is 6.25. The lowest BCUT2D eigenvalue weighted by Crippen LogP contribution is -2.66. The Morgan fingerprint density at radius 2 is 2.15 bits per heavy atom. The fourth-order valence-corrected chi connectivity index (χ4v) is 5.29. The van der Waals surface area contributed by atoms with Crippen LogP contribution in [0.5, 0.6) is 0 Å². The largest absolute Gasteiger partial charge is 0.513 e. The first-order valence-corrected chi connectivity index (χ1v) is 7.80. The summed E-state index contributed by atoms with van der Waals surface area (Å²) in [5, 5.41) is 34.9. The van der Waals surface area contributed by atoms with E-state index >= 15 is 0 Å². The van der Waals surface area contributed by atoms with Crippen molar-refractivity contribution >= 4 is 0 Å². The van der Waals surface area contributed by atoms with Gasteiger partial charge in [0.25, 0.3) is 0 Å². The van der Waals surface area contributed by atoms with E-state index in [9.17, 15) is 15.3 Å². The van der Waals surface area contributed by atoms with Crippen molar-refractivity contribution in [3.63, 3.8) is 0 Å². The molecule has 0 amide bonds. The molecule has 4 heteroatoms. The predicted molar refractivity (Wildman–Crippen MR) is 74.9 cm³/mol. The van der Waals surface area contributed by atoms with Gasteiger partial charge in [0.1, 0.15) is 5.60 Å². The summed E-state index contributed by atoms with van der Waals surface area (Å²) in [6.45, 7) is 0.848. The van der Waals surface area contributed by atoms with Crippen LogP contribution in [0, 0.1) is 17.3 Å². The highest BCUT2D eigenvalue weighted by Gasteiger charge is 2.63. The molecule has 4 nitrogen and oxygen atoms in total. The van der Waals surface area contributed by atoms with E-state index in [0.717, 1.165) is 37.9 Å². The number of aliphatic hydroxyl groups excluding tert-OH is 2. The number of hydrogen-bond donors (Lipinski definition) is 4. The Balaban J connectivity index is 1.86. The second-order valence-electron chi connectivity index (χ2n) is 7.09. The maximum atomic E-state index is 11.3. The topological polar surface area (TPSA) is 72.7 Å². The number of hydrogen-bond acceptors (Lipinski definition) is 4. The molecule has 0 aromatic carbocycles. The van der Waals surface area contributed by atoms with E-state index in [4.69, 9.17) is 0 Å². The van der Waals surface area contributed by atoms with Gasteiger partial charge in [-0.2, -0.15) is 0 Å². The van der Waals surface area contributed by atoms with Crippen LogP contribution in [0.15, 0.2) is 23.6 Å². The van der Waals surface area contributed by atoms with Crippen LogP contribution in [0.4, 0.5) is 0 Å². The van der Waals surface area contributed by atoms with Crippen molar-refractivity contribution in [3.8, 4) is 0 Å². The number of rotatable bonds is 0. The van der Waals surface area contributed by atoms with Crippen molar-refractivity contribution < 1.29 is 15.3 Å². The molecule has 4 rings (SSSR count). The number of fused-ring (bicyclic) bond motifs is 1. The quantitative estimate of drug-likeness (QED) is 0.543. The first-order chi connectivity index (χ1) is 9.55. The summed E-state index contributed by atoms with van der Waals surface area (Å²) in [7, 11) is 0. The molecule has 1 heterocycles. The second-order valence-corrected chi connectivity index (χ2v) is 7.09.